The number of methoxy groups -OCH3 is 1. The van der Waals surface area contributed by atoms with E-state index in [1.165, 1.54) is 6.07 Å². The number of halogens is 17. The van der Waals surface area contributed by atoms with Crippen LogP contribution in [0.4, 0.5) is 74.6 Å². The van der Waals surface area contributed by atoms with Crippen molar-refractivity contribution in [2.75, 3.05) is 13.7 Å². The smallest absolute Gasteiger partial charge is 0.460 e. The maximum absolute atomic E-state index is 14.5. The molecular weight excluding hydrogens is 607 g/mol. The van der Waals surface area contributed by atoms with Gasteiger partial charge in [-0.25, -0.2) is 0 Å². The second-order valence-corrected chi connectivity index (χ2v) is 8.32. The van der Waals surface area contributed by atoms with Crippen LogP contribution in [-0.2, 0) is 4.74 Å². The SMILES string of the molecule is CCCCOc1ccccc1C(CC(F)(F)C(F)(F)C(F)(F)C(F)(F)C(F)(F)C(F)(F)C(F)(F)C(F)(F)F)OC. The standard InChI is InChI=1S/C21H19F17O2/c1-3-4-9-40-12-8-6-5-7-11(12)13(39-2)10-14(22,23)15(24,25)16(26,27)17(28,29)18(30,31)19(32,33)20(34,35)21(36,37)38/h5-8,13H,3-4,9-10H2,1-2H3. The van der Waals surface area contributed by atoms with E-state index in [1.807, 2.05) is 0 Å². The first-order chi connectivity index (χ1) is 17.7. The number of rotatable bonds is 14. The van der Waals surface area contributed by atoms with Crippen LogP contribution in [0.25, 0.3) is 0 Å². The number of para-hydroxylation sites is 1. The molecule has 19 heteroatoms. The summed E-state index contributed by atoms with van der Waals surface area (Å²) in [6, 6.07) is 4.21. The Labute approximate surface area is 214 Å². The predicted molar refractivity (Wildman–Crippen MR) is 102 cm³/mol. The van der Waals surface area contributed by atoms with Crippen LogP contribution < -0.4 is 4.74 Å². The van der Waals surface area contributed by atoms with Crippen molar-refractivity contribution in [1.82, 2.24) is 0 Å². The Kier molecular flexibility index (Phi) is 10.1. The topological polar surface area (TPSA) is 18.5 Å². The van der Waals surface area contributed by atoms with Crippen molar-refractivity contribution in [3.63, 3.8) is 0 Å². The van der Waals surface area contributed by atoms with Gasteiger partial charge in [0.2, 0.25) is 0 Å². The molecule has 0 aliphatic heterocycles. The van der Waals surface area contributed by atoms with Gasteiger partial charge >= 0.3 is 47.6 Å². The lowest BCUT2D eigenvalue weighted by atomic mass is 9.87. The molecule has 0 amide bonds. The summed E-state index contributed by atoms with van der Waals surface area (Å²) < 4.78 is 239. The summed E-state index contributed by atoms with van der Waals surface area (Å²) in [5, 5.41) is 0. The van der Waals surface area contributed by atoms with E-state index in [1.54, 1.807) is 6.92 Å². The monoisotopic (exact) mass is 626 g/mol. The molecule has 0 saturated carbocycles. The van der Waals surface area contributed by atoms with Crippen molar-refractivity contribution < 1.29 is 84.1 Å². The average Bonchev–Trinajstić information content (AvgIpc) is 2.81. The van der Waals surface area contributed by atoms with E-state index in [4.69, 9.17) is 4.74 Å². The molecule has 0 N–H and O–H groups in total. The fraction of sp³-hybridized carbons (Fsp3) is 0.714. The number of unbranched alkanes of at least 4 members (excludes halogenated alkanes) is 1. The summed E-state index contributed by atoms with van der Waals surface area (Å²) in [7, 11) is 0.530. The lowest BCUT2D eigenvalue weighted by molar-refractivity contribution is -0.462. The van der Waals surface area contributed by atoms with Crippen molar-refractivity contribution in [3.05, 3.63) is 29.8 Å². The fourth-order valence-electron chi connectivity index (χ4n) is 3.08. The zero-order valence-corrected chi connectivity index (χ0v) is 20.0. The highest BCUT2D eigenvalue weighted by atomic mass is 19.4. The number of hydrogen-bond donors (Lipinski definition) is 0. The molecule has 1 rings (SSSR count). The third kappa shape index (κ3) is 5.62. The van der Waals surface area contributed by atoms with Gasteiger partial charge in [0.1, 0.15) is 5.75 Å². The molecule has 0 radical (unpaired) electrons. The molecular formula is C21H19F17O2. The van der Waals surface area contributed by atoms with Gasteiger partial charge in [-0.2, -0.15) is 74.6 Å². The quantitative estimate of drug-likeness (QED) is 0.152. The summed E-state index contributed by atoms with van der Waals surface area (Å²) in [4.78, 5) is 0. The van der Waals surface area contributed by atoms with Gasteiger partial charge < -0.3 is 9.47 Å². The van der Waals surface area contributed by atoms with Crippen LogP contribution >= 0.6 is 0 Å². The largest absolute Gasteiger partial charge is 0.493 e. The van der Waals surface area contributed by atoms with E-state index < -0.39 is 65.7 Å². The highest BCUT2D eigenvalue weighted by Crippen LogP contribution is 2.64. The van der Waals surface area contributed by atoms with E-state index in [0.717, 1.165) is 18.2 Å². The molecule has 1 aromatic carbocycles. The Balaban J connectivity index is 3.56. The van der Waals surface area contributed by atoms with Crippen LogP contribution in [0.1, 0.15) is 37.9 Å². The van der Waals surface area contributed by atoms with Crippen LogP contribution in [0.15, 0.2) is 24.3 Å². The molecule has 40 heavy (non-hydrogen) atoms. The van der Waals surface area contributed by atoms with Gasteiger partial charge in [-0.1, -0.05) is 31.5 Å². The predicted octanol–water partition coefficient (Wildman–Crippen LogP) is 8.95. The fourth-order valence-corrected chi connectivity index (χ4v) is 3.08. The zero-order chi connectivity index (χ0) is 31.8. The second-order valence-electron chi connectivity index (χ2n) is 8.32. The van der Waals surface area contributed by atoms with Crippen LogP contribution in [0.2, 0.25) is 0 Å². The van der Waals surface area contributed by atoms with Gasteiger partial charge in [0.05, 0.1) is 12.7 Å². The highest BCUT2D eigenvalue weighted by molar-refractivity contribution is 5.35. The number of alkyl halides is 17. The molecule has 0 fully saturated rings. The molecule has 0 spiro atoms. The minimum atomic E-state index is -8.66. The zero-order valence-electron chi connectivity index (χ0n) is 20.0. The maximum Gasteiger partial charge on any atom is 0.460 e. The molecule has 1 aromatic rings. The molecule has 0 heterocycles. The third-order valence-corrected chi connectivity index (χ3v) is 5.53. The van der Waals surface area contributed by atoms with E-state index in [0.29, 0.717) is 20.0 Å². The van der Waals surface area contributed by atoms with Crippen LogP contribution in [-0.4, -0.2) is 61.4 Å². The normalized spacial score (nSPS) is 15.8. The van der Waals surface area contributed by atoms with Gasteiger partial charge in [-0.3, -0.25) is 0 Å². The van der Waals surface area contributed by atoms with E-state index >= 15 is 0 Å². The summed E-state index contributed by atoms with van der Waals surface area (Å²) >= 11 is 0. The summed E-state index contributed by atoms with van der Waals surface area (Å²) in [5.74, 6) is -57.1. The first kappa shape index (κ1) is 35.8. The van der Waals surface area contributed by atoms with Gasteiger partial charge in [0, 0.05) is 19.1 Å². The van der Waals surface area contributed by atoms with Crippen LogP contribution in [0.5, 0.6) is 5.75 Å². The highest BCUT2D eigenvalue weighted by Gasteiger charge is 2.95. The van der Waals surface area contributed by atoms with Gasteiger partial charge in [-0.15, -0.1) is 0 Å². The van der Waals surface area contributed by atoms with Gasteiger partial charge in [0.15, 0.2) is 0 Å². The molecule has 0 saturated heterocycles. The molecule has 0 aromatic heterocycles. The lowest BCUT2D eigenvalue weighted by Crippen LogP contribution is -2.74. The number of benzene rings is 1. The number of ether oxygens (including phenoxy) is 2. The van der Waals surface area contributed by atoms with Crippen molar-refractivity contribution >= 4 is 0 Å². The number of hydrogen-bond acceptors (Lipinski definition) is 2. The summed E-state index contributed by atoms with van der Waals surface area (Å²) in [5.41, 5.74) is -0.576. The second kappa shape index (κ2) is 11.2. The molecule has 0 aliphatic rings. The first-order valence-corrected chi connectivity index (χ1v) is 10.7. The van der Waals surface area contributed by atoms with Crippen LogP contribution in [0.3, 0.4) is 0 Å². The molecule has 0 aliphatic carbocycles. The van der Waals surface area contributed by atoms with Crippen molar-refractivity contribution in [2.45, 2.75) is 79.9 Å². The van der Waals surface area contributed by atoms with E-state index in [9.17, 15) is 74.6 Å². The molecule has 234 valence electrons. The molecule has 2 nitrogen and oxygen atoms in total. The Bertz CT molecular complexity index is 988. The van der Waals surface area contributed by atoms with Crippen molar-refractivity contribution in [3.8, 4) is 5.75 Å². The minimum absolute atomic E-state index is 0.105. The Morgan fingerprint density at radius 3 is 1.48 bits per heavy atom. The minimum Gasteiger partial charge on any atom is -0.493 e. The Morgan fingerprint density at radius 1 is 0.625 bits per heavy atom. The van der Waals surface area contributed by atoms with Crippen LogP contribution in [0, 0.1) is 0 Å². The van der Waals surface area contributed by atoms with Crippen molar-refractivity contribution in [2.24, 2.45) is 0 Å². The van der Waals surface area contributed by atoms with E-state index in [2.05, 4.69) is 4.74 Å². The third-order valence-electron chi connectivity index (χ3n) is 5.53. The average molecular weight is 626 g/mol. The first-order valence-electron chi connectivity index (χ1n) is 10.7. The molecule has 0 bridgehead atoms. The Morgan fingerprint density at radius 2 is 1.05 bits per heavy atom. The summed E-state index contributed by atoms with van der Waals surface area (Å²) in [6.45, 7) is 1.59. The van der Waals surface area contributed by atoms with E-state index in [-0.39, 0.29) is 12.4 Å². The summed E-state index contributed by atoms with van der Waals surface area (Å²) in [6.07, 6.45) is -12.1. The molecule has 1 atom stereocenters. The maximum atomic E-state index is 14.5. The molecule has 1 unspecified atom stereocenters. The van der Waals surface area contributed by atoms with Crippen molar-refractivity contribution in [1.29, 1.82) is 0 Å². The Hall–Kier alpha value is -2.21. The van der Waals surface area contributed by atoms with Gasteiger partial charge in [0.25, 0.3) is 0 Å². The lowest BCUT2D eigenvalue weighted by Gasteiger charge is -2.43. The van der Waals surface area contributed by atoms with Gasteiger partial charge in [-0.05, 0) is 12.5 Å².